The molecule has 2 aromatic carbocycles. The van der Waals surface area contributed by atoms with Crippen molar-refractivity contribution in [3.8, 4) is 0 Å². The number of aromatic nitrogens is 1. The normalized spacial score (nSPS) is 12.2. The van der Waals surface area contributed by atoms with E-state index in [9.17, 15) is 0 Å². The van der Waals surface area contributed by atoms with Gasteiger partial charge in [-0.25, -0.2) is 0 Å². The van der Waals surface area contributed by atoms with Crippen LogP contribution in [0.5, 0.6) is 0 Å². The summed E-state index contributed by atoms with van der Waals surface area (Å²) in [5.41, 5.74) is 5.01. The molecule has 1 aromatic heterocycles. The van der Waals surface area contributed by atoms with E-state index in [-0.39, 0.29) is 0 Å². The Morgan fingerprint density at radius 2 is 1.38 bits per heavy atom. The van der Waals surface area contributed by atoms with E-state index >= 15 is 0 Å². The van der Waals surface area contributed by atoms with Crippen molar-refractivity contribution in [2.75, 3.05) is 19.0 Å². The minimum Gasteiger partial charge on any atom is -0.378 e. The van der Waals surface area contributed by atoms with Crippen LogP contribution in [-0.2, 0) is 6.42 Å². The zero-order valence-electron chi connectivity index (χ0n) is 19.6. The minimum absolute atomic E-state index is 0.404. The molecule has 0 aliphatic heterocycles. The number of aryl methyl sites for hydroxylation is 1. The lowest BCUT2D eigenvalue weighted by Crippen LogP contribution is -2.09. The second kappa shape index (κ2) is 11.1. The van der Waals surface area contributed by atoms with E-state index in [1.54, 1.807) is 0 Å². The van der Waals surface area contributed by atoms with Crippen molar-refractivity contribution in [2.24, 2.45) is 25.9 Å². The number of benzene rings is 2. The highest BCUT2D eigenvalue weighted by Gasteiger charge is 2.14. The van der Waals surface area contributed by atoms with E-state index in [1.807, 2.05) is 68.7 Å². The third kappa shape index (κ3) is 7.34. The molecule has 0 N–H and O–H groups in total. The zero-order chi connectivity index (χ0) is 23.0. The van der Waals surface area contributed by atoms with Crippen molar-refractivity contribution in [3.05, 3.63) is 60.3 Å². The third-order valence-electron chi connectivity index (χ3n) is 5.55. The van der Waals surface area contributed by atoms with Crippen LogP contribution in [-0.4, -0.2) is 18.5 Å². The Morgan fingerprint density at radius 1 is 0.844 bits per heavy atom. The van der Waals surface area contributed by atoms with Gasteiger partial charge in [0.25, 0.3) is 0 Å². The van der Waals surface area contributed by atoms with Crippen LogP contribution in [0.1, 0.15) is 45.7 Å². The molecule has 168 valence electrons. The maximum absolute atomic E-state index is 4.51. The van der Waals surface area contributed by atoms with Crippen LogP contribution >= 0.6 is 11.5 Å². The van der Waals surface area contributed by atoms with Crippen molar-refractivity contribution >= 4 is 39.3 Å². The Kier molecular flexibility index (Phi) is 8.22. The van der Waals surface area contributed by atoms with Gasteiger partial charge in [-0.15, -0.1) is 10.2 Å². The lowest BCUT2D eigenvalue weighted by Gasteiger charge is -2.21. The average Bonchev–Trinajstić information content (AvgIpc) is 3.25. The van der Waals surface area contributed by atoms with Crippen LogP contribution in [0, 0.1) is 5.41 Å². The van der Waals surface area contributed by atoms with Crippen LogP contribution < -0.4 is 4.90 Å². The Hall–Kier alpha value is -2.93. The molecule has 0 saturated heterocycles. The molecule has 0 amide bonds. The summed E-state index contributed by atoms with van der Waals surface area (Å²) in [7, 11) is 4.02. The first-order valence-electron chi connectivity index (χ1n) is 11.0. The second-order valence-electron chi connectivity index (χ2n) is 8.86. The number of anilines is 1. The van der Waals surface area contributed by atoms with Crippen molar-refractivity contribution < 1.29 is 0 Å². The van der Waals surface area contributed by atoms with Crippen LogP contribution in [0.25, 0.3) is 0 Å². The minimum atomic E-state index is 0.404. The van der Waals surface area contributed by atoms with E-state index in [4.69, 9.17) is 0 Å². The fraction of sp³-hybridized carbons (Fsp3) is 0.400. The molecule has 0 radical (unpaired) electrons. The zero-order valence-corrected chi connectivity index (χ0v) is 20.4. The molecule has 0 unspecified atom stereocenters. The Labute approximate surface area is 195 Å². The molecular weight excluding hydrogens is 416 g/mol. The van der Waals surface area contributed by atoms with Crippen LogP contribution in [0.3, 0.4) is 0 Å². The predicted molar refractivity (Wildman–Crippen MR) is 135 cm³/mol. The standard InChI is InChI=1S/C25H32N6S/c1-6-25(2,3)17-7-8-22-18-24(32-30-22)29-28-20-11-9-19(10-12-20)26-27-21-13-15-23(16-14-21)31(4)5/h9-16,18H,6-8,17H2,1-5H3/b27-26+,29-28+. The van der Waals surface area contributed by atoms with Gasteiger partial charge in [0.2, 0.25) is 0 Å². The van der Waals surface area contributed by atoms with Gasteiger partial charge in [0.1, 0.15) is 0 Å². The quantitative estimate of drug-likeness (QED) is 0.291. The molecule has 32 heavy (non-hydrogen) atoms. The molecule has 7 heteroatoms. The second-order valence-corrected chi connectivity index (χ2v) is 9.64. The molecule has 3 rings (SSSR count). The molecule has 1 heterocycles. The largest absolute Gasteiger partial charge is 0.378 e. The van der Waals surface area contributed by atoms with Crippen molar-refractivity contribution in [2.45, 2.75) is 46.5 Å². The van der Waals surface area contributed by atoms with Gasteiger partial charge in [-0.2, -0.15) is 14.6 Å². The number of hydrogen-bond acceptors (Lipinski definition) is 7. The molecule has 0 spiro atoms. The van der Waals surface area contributed by atoms with Crippen molar-refractivity contribution in [1.82, 2.24) is 4.37 Å². The first kappa shape index (κ1) is 23.7. The summed E-state index contributed by atoms with van der Waals surface area (Å²) >= 11 is 1.40. The molecule has 3 aromatic rings. The smallest absolute Gasteiger partial charge is 0.159 e. The van der Waals surface area contributed by atoms with Crippen LogP contribution in [0.4, 0.5) is 27.8 Å². The molecule has 0 bridgehead atoms. The summed E-state index contributed by atoms with van der Waals surface area (Å²) in [5, 5.41) is 18.1. The maximum Gasteiger partial charge on any atom is 0.159 e. The highest BCUT2D eigenvalue weighted by molar-refractivity contribution is 7.09. The van der Waals surface area contributed by atoms with E-state index in [2.05, 4.69) is 50.5 Å². The van der Waals surface area contributed by atoms with Gasteiger partial charge in [0.15, 0.2) is 5.00 Å². The van der Waals surface area contributed by atoms with Gasteiger partial charge in [-0.1, -0.05) is 27.2 Å². The van der Waals surface area contributed by atoms with Gasteiger partial charge in [-0.05, 0) is 84.7 Å². The molecule has 0 atom stereocenters. The van der Waals surface area contributed by atoms with Crippen LogP contribution in [0.2, 0.25) is 0 Å². The predicted octanol–water partition coefficient (Wildman–Crippen LogP) is 8.80. The first-order chi connectivity index (χ1) is 15.3. The maximum atomic E-state index is 4.51. The Bertz CT molecular complexity index is 1030. The van der Waals surface area contributed by atoms with Crippen molar-refractivity contribution in [3.63, 3.8) is 0 Å². The molecule has 6 nitrogen and oxygen atoms in total. The summed E-state index contributed by atoms with van der Waals surface area (Å²) in [4.78, 5) is 2.05. The molecule has 0 saturated carbocycles. The van der Waals surface area contributed by atoms with Crippen molar-refractivity contribution in [1.29, 1.82) is 0 Å². The molecule has 0 aliphatic rings. The van der Waals surface area contributed by atoms with Crippen LogP contribution in [0.15, 0.2) is 75.1 Å². The first-order valence-corrected chi connectivity index (χ1v) is 11.8. The summed E-state index contributed by atoms with van der Waals surface area (Å²) in [6.07, 6.45) is 4.56. The number of rotatable bonds is 10. The highest BCUT2D eigenvalue weighted by Crippen LogP contribution is 2.29. The molecule has 0 aliphatic carbocycles. The molecule has 0 fully saturated rings. The van der Waals surface area contributed by atoms with E-state index < -0.39 is 0 Å². The van der Waals surface area contributed by atoms with Gasteiger partial charge < -0.3 is 4.90 Å². The summed E-state index contributed by atoms with van der Waals surface area (Å²) < 4.78 is 4.51. The van der Waals surface area contributed by atoms with Gasteiger partial charge >= 0.3 is 0 Å². The fourth-order valence-electron chi connectivity index (χ4n) is 3.02. The monoisotopic (exact) mass is 448 g/mol. The average molecular weight is 449 g/mol. The molecular formula is C25H32N6S. The lowest BCUT2D eigenvalue weighted by molar-refractivity contribution is 0.313. The Morgan fingerprint density at radius 3 is 1.91 bits per heavy atom. The van der Waals surface area contributed by atoms with Gasteiger partial charge in [0.05, 0.1) is 22.8 Å². The van der Waals surface area contributed by atoms with E-state index in [0.29, 0.717) is 5.41 Å². The lowest BCUT2D eigenvalue weighted by atomic mass is 9.84. The summed E-state index contributed by atoms with van der Waals surface area (Å²) in [6.45, 7) is 6.90. The number of nitrogens with zero attached hydrogens (tertiary/aromatic N) is 6. The van der Waals surface area contributed by atoms with E-state index in [0.717, 1.165) is 46.3 Å². The highest BCUT2D eigenvalue weighted by atomic mass is 32.1. The fourth-order valence-corrected chi connectivity index (χ4v) is 3.64. The summed E-state index contributed by atoms with van der Waals surface area (Å²) in [5.74, 6) is 0. The van der Waals surface area contributed by atoms with Gasteiger partial charge in [-0.3, -0.25) is 0 Å². The third-order valence-corrected chi connectivity index (χ3v) is 6.26. The summed E-state index contributed by atoms with van der Waals surface area (Å²) in [6, 6.07) is 17.5. The number of hydrogen-bond donors (Lipinski definition) is 0. The SMILES string of the molecule is CCC(C)(C)CCCc1cc(/N=N/c2ccc(/N=N/c3ccc(N(C)C)cc3)cc2)sn1. The Balaban J connectivity index is 1.52. The van der Waals surface area contributed by atoms with Gasteiger partial charge in [0, 0.05) is 25.8 Å². The number of azo groups is 2. The van der Waals surface area contributed by atoms with E-state index in [1.165, 1.54) is 24.4 Å². The topological polar surface area (TPSA) is 65.6 Å².